The van der Waals surface area contributed by atoms with Gasteiger partial charge in [0.15, 0.2) is 10.7 Å². The second-order valence-corrected chi connectivity index (χ2v) is 6.36. The van der Waals surface area contributed by atoms with Gasteiger partial charge in [-0.15, -0.1) is 0 Å². The van der Waals surface area contributed by atoms with Crippen molar-refractivity contribution in [2.45, 2.75) is 30.8 Å². The first kappa shape index (κ1) is 11.6. The molecule has 0 unspecified atom stereocenters. The van der Waals surface area contributed by atoms with E-state index in [1.165, 1.54) is 4.31 Å². The third-order valence-electron chi connectivity index (χ3n) is 3.35. The number of H-pyrrole nitrogens is 1. The van der Waals surface area contributed by atoms with Gasteiger partial charge in [0.1, 0.15) is 0 Å². The summed E-state index contributed by atoms with van der Waals surface area (Å²) in [6.45, 7) is 2.51. The lowest BCUT2D eigenvalue weighted by Crippen LogP contribution is -2.34. The molecule has 6 nitrogen and oxygen atoms in total. The van der Waals surface area contributed by atoms with E-state index in [9.17, 15) is 8.42 Å². The van der Waals surface area contributed by atoms with Crippen LogP contribution in [0.3, 0.4) is 0 Å². The van der Waals surface area contributed by atoms with Crippen LogP contribution in [0.5, 0.6) is 0 Å². The Morgan fingerprint density at radius 1 is 1.50 bits per heavy atom. The Kier molecular flexibility index (Phi) is 2.60. The predicted octanol–water partition coefficient (Wildman–Crippen LogP) is 1.13. The highest BCUT2D eigenvalue weighted by Crippen LogP contribution is 2.27. The molecule has 96 valence electrons. The van der Waals surface area contributed by atoms with Gasteiger partial charge >= 0.3 is 0 Å². The summed E-state index contributed by atoms with van der Waals surface area (Å²) < 4.78 is 26.6. The Balaban J connectivity index is 2.14. The van der Waals surface area contributed by atoms with E-state index in [1.54, 1.807) is 18.3 Å². The summed E-state index contributed by atoms with van der Waals surface area (Å²) in [5.74, 6) is 0. The molecule has 2 aromatic rings. The average molecular weight is 266 g/mol. The molecule has 0 saturated carbocycles. The summed E-state index contributed by atoms with van der Waals surface area (Å²) in [6.07, 6.45) is 3.41. The molecule has 3 rings (SSSR count). The van der Waals surface area contributed by atoms with E-state index in [0.717, 1.165) is 12.8 Å². The Morgan fingerprint density at radius 3 is 3.06 bits per heavy atom. The highest BCUT2D eigenvalue weighted by atomic mass is 32.2. The maximum Gasteiger partial charge on any atom is 0.260 e. The van der Waals surface area contributed by atoms with Crippen molar-refractivity contribution in [3.05, 3.63) is 18.3 Å². The van der Waals surface area contributed by atoms with Crippen LogP contribution >= 0.6 is 0 Å². The molecule has 3 heterocycles. The van der Waals surface area contributed by atoms with E-state index in [0.29, 0.717) is 17.6 Å². The van der Waals surface area contributed by atoms with Crippen molar-refractivity contribution in [2.24, 2.45) is 0 Å². The molecule has 1 aliphatic rings. The smallest absolute Gasteiger partial charge is 0.260 e. The van der Waals surface area contributed by atoms with Crippen molar-refractivity contribution in [1.82, 2.24) is 19.5 Å². The normalized spacial score (nSPS) is 21.7. The average Bonchev–Trinajstić information content (AvgIpc) is 2.95. The molecule has 0 bridgehead atoms. The standard InChI is InChI=1S/C11H14N4O2S/c1-8-4-3-7-15(8)18(16,17)11-9-5-2-6-12-10(9)13-14-11/h2,5-6,8H,3-4,7H2,1H3,(H,12,13,14)/t8-/m0/s1. The molecule has 0 radical (unpaired) electrons. The number of hydrogen-bond acceptors (Lipinski definition) is 4. The zero-order valence-electron chi connectivity index (χ0n) is 10.00. The van der Waals surface area contributed by atoms with Gasteiger partial charge in [-0.3, -0.25) is 5.10 Å². The Bertz CT molecular complexity index is 679. The number of rotatable bonds is 2. The molecule has 2 aromatic heterocycles. The number of aromatic nitrogens is 3. The quantitative estimate of drug-likeness (QED) is 0.883. The first-order valence-corrected chi connectivity index (χ1v) is 7.35. The van der Waals surface area contributed by atoms with E-state index in [-0.39, 0.29) is 11.1 Å². The number of nitrogens with one attached hydrogen (secondary N) is 1. The summed E-state index contributed by atoms with van der Waals surface area (Å²) in [5.41, 5.74) is 0.433. The molecule has 1 atom stereocenters. The number of sulfonamides is 1. The lowest BCUT2D eigenvalue weighted by atomic mass is 10.3. The summed E-state index contributed by atoms with van der Waals surface area (Å²) in [6, 6.07) is 3.48. The fourth-order valence-corrected chi connectivity index (χ4v) is 4.19. The van der Waals surface area contributed by atoms with Crippen molar-refractivity contribution >= 4 is 21.1 Å². The highest BCUT2D eigenvalue weighted by Gasteiger charge is 2.34. The summed E-state index contributed by atoms with van der Waals surface area (Å²) >= 11 is 0. The maximum absolute atomic E-state index is 12.5. The molecule has 1 saturated heterocycles. The van der Waals surface area contributed by atoms with Crippen molar-refractivity contribution in [3.8, 4) is 0 Å². The molecule has 0 aliphatic carbocycles. The van der Waals surface area contributed by atoms with Gasteiger partial charge < -0.3 is 0 Å². The van der Waals surface area contributed by atoms with Gasteiger partial charge in [-0.1, -0.05) is 0 Å². The fraction of sp³-hybridized carbons (Fsp3) is 0.455. The molecular formula is C11H14N4O2S. The van der Waals surface area contributed by atoms with Crippen LogP contribution < -0.4 is 0 Å². The third kappa shape index (κ3) is 1.62. The second kappa shape index (κ2) is 4.03. The van der Waals surface area contributed by atoms with Gasteiger partial charge in [0.25, 0.3) is 10.0 Å². The Morgan fingerprint density at radius 2 is 2.33 bits per heavy atom. The highest BCUT2D eigenvalue weighted by molar-refractivity contribution is 7.89. The Hall–Kier alpha value is -1.47. The number of nitrogens with zero attached hydrogens (tertiary/aromatic N) is 3. The van der Waals surface area contributed by atoms with Gasteiger partial charge in [0, 0.05) is 18.8 Å². The number of pyridine rings is 1. The van der Waals surface area contributed by atoms with Crippen LogP contribution in [0.25, 0.3) is 11.0 Å². The summed E-state index contributed by atoms with van der Waals surface area (Å²) in [5, 5.41) is 7.25. The number of aromatic amines is 1. The van der Waals surface area contributed by atoms with Gasteiger partial charge in [-0.2, -0.15) is 9.40 Å². The molecular weight excluding hydrogens is 252 g/mol. The van der Waals surface area contributed by atoms with E-state index in [1.807, 2.05) is 6.92 Å². The monoisotopic (exact) mass is 266 g/mol. The molecule has 18 heavy (non-hydrogen) atoms. The van der Waals surface area contributed by atoms with E-state index < -0.39 is 10.0 Å². The zero-order chi connectivity index (χ0) is 12.8. The minimum absolute atomic E-state index is 0.0463. The fourth-order valence-electron chi connectivity index (χ4n) is 2.41. The third-order valence-corrected chi connectivity index (χ3v) is 5.34. The topological polar surface area (TPSA) is 79.0 Å². The van der Waals surface area contributed by atoms with Gasteiger partial charge in [-0.05, 0) is 31.9 Å². The molecule has 0 spiro atoms. The van der Waals surface area contributed by atoms with Crippen LogP contribution in [-0.2, 0) is 10.0 Å². The number of fused-ring (bicyclic) bond motifs is 1. The zero-order valence-corrected chi connectivity index (χ0v) is 10.8. The van der Waals surface area contributed by atoms with Crippen LogP contribution in [0.1, 0.15) is 19.8 Å². The van der Waals surface area contributed by atoms with Crippen LogP contribution in [0.4, 0.5) is 0 Å². The van der Waals surface area contributed by atoms with Crippen molar-refractivity contribution in [2.75, 3.05) is 6.54 Å². The molecule has 1 N–H and O–H groups in total. The van der Waals surface area contributed by atoms with Crippen molar-refractivity contribution in [1.29, 1.82) is 0 Å². The first-order chi connectivity index (χ1) is 8.60. The van der Waals surface area contributed by atoms with E-state index >= 15 is 0 Å². The van der Waals surface area contributed by atoms with Gasteiger partial charge in [0.05, 0.1) is 5.39 Å². The van der Waals surface area contributed by atoms with Crippen LogP contribution in [-0.4, -0.2) is 40.5 Å². The van der Waals surface area contributed by atoms with E-state index in [2.05, 4.69) is 15.2 Å². The van der Waals surface area contributed by atoms with Gasteiger partial charge in [0.2, 0.25) is 0 Å². The summed E-state index contributed by atoms with van der Waals surface area (Å²) in [4.78, 5) is 4.04. The lowest BCUT2D eigenvalue weighted by Gasteiger charge is -2.19. The van der Waals surface area contributed by atoms with E-state index in [4.69, 9.17) is 0 Å². The largest absolute Gasteiger partial charge is 0.263 e. The molecule has 0 aromatic carbocycles. The van der Waals surface area contributed by atoms with Gasteiger partial charge in [-0.25, -0.2) is 13.4 Å². The van der Waals surface area contributed by atoms with Crippen LogP contribution in [0, 0.1) is 0 Å². The van der Waals surface area contributed by atoms with Crippen LogP contribution in [0.2, 0.25) is 0 Å². The Labute approximate surface area is 105 Å². The minimum Gasteiger partial charge on any atom is -0.263 e. The maximum atomic E-state index is 12.5. The summed E-state index contributed by atoms with van der Waals surface area (Å²) in [7, 11) is -3.50. The van der Waals surface area contributed by atoms with Crippen molar-refractivity contribution < 1.29 is 8.42 Å². The molecule has 1 aliphatic heterocycles. The lowest BCUT2D eigenvalue weighted by molar-refractivity contribution is 0.407. The first-order valence-electron chi connectivity index (χ1n) is 5.91. The van der Waals surface area contributed by atoms with Crippen LogP contribution in [0.15, 0.2) is 23.4 Å². The minimum atomic E-state index is -3.50. The molecule has 0 amide bonds. The SMILES string of the molecule is C[C@H]1CCCN1S(=O)(=O)c1[nH]nc2ncccc12. The molecule has 7 heteroatoms. The number of hydrogen-bond donors (Lipinski definition) is 1. The predicted molar refractivity (Wildman–Crippen MR) is 66.5 cm³/mol. The second-order valence-electron chi connectivity index (χ2n) is 4.53. The molecule has 1 fully saturated rings. The van der Waals surface area contributed by atoms with Crippen molar-refractivity contribution in [3.63, 3.8) is 0 Å².